The molecule has 2 bridgehead atoms. The topological polar surface area (TPSA) is 141 Å². The fourth-order valence-corrected chi connectivity index (χ4v) is 6.69. The first kappa shape index (κ1) is 31.7. The van der Waals surface area contributed by atoms with Crippen LogP contribution in [0, 0.1) is 6.92 Å². The largest absolute Gasteiger partial charge is 0.497 e. The maximum Gasteiger partial charge on any atom is 0.330 e. The van der Waals surface area contributed by atoms with E-state index in [2.05, 4.69) is 4.98 Å². The molecule has 3 heterocycles. The molecular formula is C35H38N2O9. The van der Waals surface area contributed by atoms with E-state index >= 15 is 0 Å². The third-order valence-electron chi connectivity index (χ3n) is 9.19. The number of methoxy groups -OCH3 is 2. The Morgan fingerprint density at radius 3 is 2.09 bits per heavy atom. The Morgan fingerprint density at radius 2 is 1.52 bits per heavy atom. The van der Waals surface area contributed by atoms with E-state index < -0.39 is 40.4 Å². The molecule has 3 aromatic carbocycles. The lowest BCUT2D eigenvalue weighted by molar-refractivity contribution is -0.211. The molecule has 0 aliphatic carbocycles. The second-order valence-corrected chi connectivity index (χ2v) is 11.8. The molecule has 1 aromatic heterocycles. The van der Waals surface area contributed by atoms with Crippen LogP contribution in [0.3, 0.4) is 0 Å². The van der Waals surface area contributed by atoms with E-state index in [9.17, 15) is 19.8 Å². The van der Waals surface area contributed by atoms with E-state index in [1.807, 2.05) is 78.9 Å². The lowest BCUT2D eigenvalue weighted by Crippen LogP contribution is -2.56. The van der Waals surface area contributed by atoms with Crippen LogP contribution in [0.15, 0.2) is 94.6 Å². The molecule has 4 atom stereocenters. The van der Waals surface area contributed by atoms with E-state index in [4.69, 9.17) is 23.7 Å². The summed E-state index contributed by atoms with van der Waals surface area (Å²) in [6.45, 7) is 1.23. The van der Waals surface area contributed by atoms with E-state index in [-0.39, 0.29) is 32.7 Å². The summed E-state index contributed by atoms with van der Waals surface area (Å²) in [5, 5.41) is 22.2. The maximum atomic E-state index is 13.0. The Balaban J connectivity index is 1.49. The van der Waals surface area contributed by atoms with Crippen LogP contribution in [0.2, 0.25) is 0 Å². The molecule has 0 radical (unpaired) electrons. The van der Waals surface area contributed by atoms with Gasteiger partial charge in [-0.05, 0) is 60.7 Å². The van der Waals surface area contributed by atoms with Crippen molar-refractivity contribution in [2.45, 2.75) is 48.9 Å². The van der Waals surface area contributed by atoms with Crippen molar-refractivity contribution >= 4 is 0 Å². The third-order valence-corrected chi connectivity index (χ3v) is 9.19. The number of nitrogens with zero attached hydrogens (tertiary/aromatic N) is 1. The van der Waals surface area contributed by atoms with Gasteiger partial charge in [-0.3, -0.25) is 14.3 Å². The summed E-state index contributed by atoms with van der Waals surface area (Å²) in [6.07, 6.45) is -0.251. The van der Waals surface area contributed by atoms with Gasteiger partial charge in [0.1, 0.15) is 34.4 Å². The molecule has 3 N–H and O–H groups in total. The minimum atomic E-state index is -1.65. The number of nitrogens with one attached hydrogen (secondary N) is 1. The molecule has 11 nitrogen and oxygen atoms in total. The van der Waals surface area contributed by atoms with Gasteiger partial charge in [0.05, 0.1) is 27.4 Å². The molecule has 0 spiro atoms. The van der Waals surface area contributed by atoms with Gasteiger partial charge in [0.15, 0.2) is 6.23 Å². The number of aryl methyl sites for hydroxylation is 1. The predicted molar refractivity (Wildman–Crippen MR) is 168 cm³/mol. The van der Waals surface area contributed by atoms with Crippen LogP contribution in [0.1, 0.15) is 41.3 Å². The molecule has 0 unspecified atom stereocenters. The van der Waals surface area contributed by atoms with Gasteiger partial charge in [-0.2, -0.15) is 0 Å². The van der Waals surface area contributed by atoms with Crippen LogP contribution < -0.4 is 20.7 Å². The fourth-order valence-electron chi connectivity index (χ4n) is 6.69. The molecule has 46 heavy (non-hydrogen) atoms. The lowest BCUT2D eigenvalue weighted by atomic mass is 9.78. The van der Waals surface area contributed by atoms with Gasteiger partial charge in [0, 0.05) is 18.4 Å². The number of rotatable bonds is 12. The number of ether oxygens (including phenoxy) is 5. The van der Waals surface area contributed by atoms with E-state index in [1.165, 1.54) is 10.8 Å². The number of aromatic amines is 1. The van der Waals surface area contributed by atoms with Crippen molar-refractivity contribution in [3.8, 4) is 11.5 Å². The molecule has 6 rings (SSSR count). The quantitative estimate of drug-likeness (QED) is 0.202. The second kappa shape index (κ2) is 12.5. The zero-order chi connectivity index (χ0) is 32.5. The summed E-state index contributed by atoms with van der Waals surface area (Å²) in [5.41, 5.74) is -2.80. The van der Waals surface area contributed by atoms with Crippen LogP contribution in [-0.2, 0) is 19.8 Å². The van der Waals surface area contributed by atoms with Crippen LogP contribution in [0.25, 0.3) is 0 Å². The first-order valence-electron chi connectivity index (χ1n) is 15.1. The molecule has 2 fully saturated rings. The number of hydrogen-bond donors (Lipinski definition) is 3. The molecular weight excluding hydrogens is 592 g/mol. The Hall–Kier alpha value is -4.26. The van der Waals surface area contributed by atoms with Crippen LogP contribution >= 0.6 is 0 Å². The van der Waals surface area contributed by atoms with Crippen molar-refractivity contribution in [3.05, 3.63) is 128 Å². The summed E-state index contributed by atoms with van der Waals surface area (Å²) in [5.74, 6) is 1.35. The highest BCUT2D eigenvalue weighted by molar-refractivity contribution is 5.50. The average Bonchev–Trinajstić information content (AvgIpc) is 3.50. The highest BCUT2D eigenvalue weighted by Crippen LogP contribution is 2.55. The van der Waals surface area contributed by atoms with Gasteiger partial charge in [-0.15, -0.1) is 0 Å². The molecule has 4 aromatic rings. The summed E-state index contributed by atoms with van der Waals surface area (Å²) >= 11 is 0. The number of benzene rings is 3. The normalized spacial score (nSPS) is 23.8. The molecule has 2 saturated heterocycles. The average molecular weight is 631 g/mol. The smallest absolute Gasteiger partial charge is 0.330 e. The first-order chi connectivity index (χ1) is 22.2. The molecule has 242 valence electrons. The highest BCUT2D eigenvalue weighted by atomic mass is 16.7. The number of fused-ring (bicyclic) bond motifs is 2. The van der Waals surface area contributed by atoms with Gasteiger partial charge in [-0.25, -0.2) is 4.79 Å². The van der Waals surface area contributed by atoms with Crippen molar-refractivity contribution in [1.82, 2.24) is 9.55 Å². The Bertz CT molecular complexity index is 1720. The number of H-pyrrole nitrogens is 1. The van der Waals surface area contributed by atoms with Gasteiger partial charge in [0.2, 0.25) is 0 Å². The highest BCUT2D eigenvalue weighted by Gasteiger charge is 2.71. The Kier molecular flexibility index (Phi) is 8.62. The summed E-state index contributed by atoms with van der Waals surface area (Å²) in [7, 11) is 3.21. The Morgan fingerprint density at radius 1 is 0.935 bits per heavy atom. The fraction of sp³-hybridized carbons (Fsp3) is 0.371. The molecule has 2 aliphatic rings. The van der Waals surface area contributed by atoms with Crippen molar-refractivity contribution in [2.24, 2.45) is 0 Å². The summed E-state index contributed by atoms with van der Waals surface area (Å²) < 4.78 is 32.1. The Labute approximate surface area is 265 Å². The van der Waals surface area contributed by atoms with Crippen LogP contribution in [-0.4, -0.2) is 71.1 Å². The van der Waals surface area contributed by atoms with E-state index in [1.54, 1.807) is 21.1 Å². The van der Waals surface area contributed by atoms with Crippen molar-refractivity contribution in [1.29, 1.82) is 0 Å². The molecule has 11 heteroatoms. The van der Waals surface area contributed by atoms with Gasteiger partial charge < -0.3 is 33.9 Å². The van der Waals surface area contributed by atoms with E-state index in [0.29, 0.717) is 17.1 Å². The minimum absolute atomic E-state index is 0.0245. The number of aliphatic hydroxyl groups excluding tert-OH is 1. The monoisotopic (exact) mass is 630 g/mol. The van der Waals surface area contributed by atoms with Crippen LogP contribution in [0.5, 0.6) is 11.5 Å². The predicted octanol–water partition coefficient (Wildman–Crippen LogP) is 3.04. The summed E-state index contributed by atoms with van der Waals surface area (Å²) in [6, 6.07) is 24.9. The summed E-state index contributed by atoms with van der Waals surface area (Å²) in [4.78, 5) is 27.4. The number of hydrogen-bond acceptors (Lipinski definition) is 9. The van der Waals surface area contributed by atoms with Crippen LogP contribution in [0.4, 0.5) is 0 Å². The van der Waals surface area contributed by atoms with E-state index in [0.717, 1.165) is 16.7 Å². The molecule has 0 saturated carbocycles. The van der Waals surface area contributed by atoms with Gasteiger partial charge in [-0.1, -0.05) is 54.6 Å². The van der Waals surface area contributed by atoms with Gasteiger partial charge in [0.25, 0.3) is 5.56 Å². The van der Waals surface area contributed by atoms with Gasteiger partial charge >= 0.3 is 5.69 Å². The standard InChI is InChI=1S/C35H38N2O9/c1-23-20-37(32(40)36-30(23)39)31-29-34(41,18-7-19-38)33(46-31,21-44-29)22-45-35(24-8-5-4-6-9-24,25-10-14-27(42-2)15-11-25)26-12-16-28(43-3)17-13-26/h4-6,8-17,20,29,31,38,41H,7,18-19,21-22H2,1-3H3,(H,36,39,40)/t29-,31+,33+,34-/m0/s1. The SMILES string of the molecule is COc1ccc(C(OC[C@@]23CO[C@@H]([C@H](n4cc(C)c(=O)[nH]c4=O)O2)[C@@]3(O)CCCO)(c2ccccc2)c2ccc(OC)cc2)cc1. The van der Waals surface area contributed by atoms with Crippen molar-refractivity contribution < 1.29 is 33.9 Å². The molecule has 2 aliphatic heterocycles. The first-order valence-corrected chi connectivity index (χ1v) is 15.1. The zero-order valence-corrected chi connectivity index (χ0v) is 26.0. The van der Waals surface area contributed by atoms with Crippen molar-refractivity contribution in [2.75, 3.05) is 34.0 Å². The minimum Gasteiger partial charge on any atom is -0.497 e. The number of aromatic nitrogens is 2. The molecule has 0 amide bonds. The van der Waals surface area contributed by atoms with Crippen molar-refractivity contribution in [3.63, 3.8) is 0 Å². The second-order valence-electron chi connectivity index (χ2n) is 11.8. The maximum absolute atomic E-state index is 13.0. The number of aliphatic hydroxyl groups is 2. The zero-order valence-electron chi connectivity index (χ0n) is 26.0. The third kappa shape index (κ3) is 5.14. The lowest BCUT2D eigenvalue weighted by Gasteiger charge is -2.41.